The largest absolute Gasteiger partial charge is 0.309 e. The zero-order chi connectivity index (χ0) is 22.5. The second kappa shape index (κ2) is 7.72. The van der Waals surface area contributed by atoms with Gasteiger partial charge in [-0.3, -0.25) is 14.8 Å². The molecule has 4 aromatic heterocycles. The van der Waals surface area contributed by atoms with Crippen molar-refractivity contribution in [1.82, 2.24) is 35.3 Å². The highest BCUT2D eigenvalue weighted by Crippen LogP contribution is 2.34. The minimum absolute atomic E-state index is 0.0867. The third-order valence-corrected chi connectivity index (χ3v) is 5.97. The molecule has 1 aliphatic heterocycles. The number of nitrogens with zero attached hydrogens (tertiary/aromatic N) is 5. The normalized spacial score (nSPS) is 13.4. The number of halogens is 3. The Kier molecular flexibility index (Phi) is 4.67. The molecule has 0 amide bonds. The molecule has 0 fully saturated rings. The van der Waals surface area contributed by atoms with Crippen LogP contribution in [0.15, 0.2) is 48.8 Å². The van der Waals surface area contributed by atoms with E-state index in [0.29, 0.717) is 28.0 Å². The summed E-state index contributed by atoms with van der Waals surface area (Å²) in [7, 11) is 0. The van der Waals surface area contributed by atoms with E-state index in [0.717, 1.165) is 42.7 Å². The van der Waals surface area contributed by atoms with Gasteiger partial charge in [0, 0.05) is 48.2 Å². The van der Waals surface area contributed by atoms with E-state index in [1.807, 2.05) is 22.9 Å². The van der Waals surface area contributed by atoms with Crippen molar-refractivity contribution in [3.05, 3.63) is 71.1 Å². The number of aromatic amines is 1. The van der Waals surface area contributed by atoms with Crippen molar-refractivity contribution in [2.75, 3.05) is 6.54 Å². The van der Waals surface area contributed by atoms with Crippen molar-refractivity contribution in [3.8, 4) is 33.8 Å². The third kappa shape index (κ3) is 3.46. The van der Waals surface area contributed by atoms with Gasteiger partial charge >= 0.3 is 0 Å². The lowest BCUT2D eigenvalue weighted by Crippen LogP contribution is -2.28. The standard InChI is InChI=1S/C23H16ClF2N7/c24-16-7-14(17(25)8-18(16)26)23-15(11-29-31-23)19-1-2-20-22(30-19)5-12(9-28-20)21-6-13-10-27-3-4-33(13)32-21/h1-2,5-9,11,27H,3-4,10H2,(H,29,31). The summed E-state index contributed by atoms with van der Waals surface area (Å²) < 4.78 is 30.1. The number of nitrogens with one attached hydrogen (secondary N) is 2. The molecule has 5 aromatic rings. The van der Waals surface area contributed by atoms with E-state index in [2.05, 4.69) is 25.6 Å². The first-order valence-electron chi connectivity index (χ1n) is 10.3. The molecule has 1 aliphatic rings. The van der Waals surface area contributed by atoms with E-state index >= 15 is 0 Å². The van der Waals surface area contributed by atoms with Crippen molar-refractivity contribution < 1.29 is 8.78 Å². The Balaban J connectivity index is 1.43. The minimum Gasteiger partial charge on any atom is -0.309 e. The van der Waals surface area contributed by atoms with Crippen LogP contribution in [0.2, 0.25) is 5.02 Å². The maximum atomic E-state index is 14.5. The van der Waals surface area contributed by atoms with Gasteiger partial charge in [-0.15, -0.1) is 0 Å². The number of hydrogen-bond acceptors (Lipinski definition) is 5. The second-order valence-electron chi connectivity index (χ2n) is 7.77. The van der Waals surface area contributed by atoms with Crippen LogP contribution in [0.5, 0.6) is 0 Å². The van der Waals surface area contributed by atoms with Gasteiger partial charge < -0.3 is 5.32 Å². The molecule has 10 heteroatoms. The van der Waals surface area contributed by atoms with Gasteiger partial charge in [0.1, 0.15) is 17.3 Å². The Hall–Kier alpha value is -3.69. The quantitative estimate of drug-likeness (QED) is 0.382. The van der Waals surface area contributed by atoms with Crippen molar-refractivity contribution in [1.29, 1.82) is 0 Å². The van der Waals surface area contributed by atoms with Crippen molar-refractivity contribution >= 4 is 22.6 Å². The molecule has 2 N–H and O–H groups in total. The molecule has 0 spiro atoms. The van der Waals surface area contributed by atoms with Gasteiger partial charge in [-0.25, -0.2) is 13.8 Å². The van der Waals surface area contributed by atoms with Crippen LogP contribution in [0.3, 0.4) is 0 Å². The van der Waals surface area contributed by atoms with Crippen LogP contribution in [0, 0.1) is 11.6 Å². The Morgan fingerprint density at radius 1 is 0.970 bits per heavy atom. The van der Waals surface area contributed by atoms with E-state index in [1.54, 1.807) is 18.5 Å². The smallest absolute Gasteiger partial charge is 0.144 e. The molecule has 0 radical (unpaired) electrons. The first kappa shape index (κ1) is 20.0. The molecule has 33 heavy (non-hydrogen) atoms. The average Bonchev–Trinajstić information content (AvgIpc) is 3.48. The first-order chi connectivity index (χ1) is 16.1. The number of benzene rings is 1. The van der Waals surface area contributed by atoms with Crippen LogP contribution in [0.25, 0.3) is 44.8 Å². The average molecular weight is 464 g/mol. The SMILES string of the molecule is Fc1cc(F)c(-c2n[nH]cc2-c2ccc3ncc(-c4cc5n(n4)CCNC5)cc3n2)cc1Cl. The van der Waals surface area contributed by atoms with E-state index in [-0.39, 0.29) is 10.6 Å². The zero-order valence-corrected chi connectivity index (χ0v) is 17.9. The van der Waals surface area contributed by atoms with Crippen molar-refractivity contribution in [3.63, 3.8) is 0 Å². The van der Waals surface area contributed by atoms with Gasteiger partial charge in [-0.2, -0.15) is 10.2 Å². The Morgan fingerprint density at radius 2 is 1.88 bits per heavy atom. The van der Waals surface area contributed by atoms with E-state index in [4.69, 9.17) is 16.6 Å². The van der Waals surface area contributed by atoms with Gasteiger partial charge in [-0.05, 0) is 30.3 Å². The number of fused-ring (bicyclic) bond motifs is 2. The van der Waals surface area contributed by atoms with Gasteiger partial charge in [-0.1, -0.05) is 11.6 Å². The second-order valence-corrected chi connectivity index (χ2v) is 8.18. The fraction of sp³-hybridized carbons (Fsp3) is 0.130. The minimum atomic E-state index is -0.825. The highest BCUT2D eigenvalue weighted by molar-refractivity contribution is 6.31. The fourth-order valence-electron chi connectivity index (χ4n) is 4.03. The lowest BCUT2D eigenvalue weighted by Gasteiger charge is -2.13. The number of hydrogen-bond donors (Lipinski definition) is 2. The predicted molar refractivity (Wildman–Crippen MR) is 120 cm³/mol. The van der Waals surface area contributed by atoms with Gasteiger partial charge in [0.15, 0.2) is 0 Å². The van der Waals surface area contributed by atoms with Crippen molar-refractivity contribution in [2.24, 2.45) is 0 Å². The molecule has 6 rings (SSSR count). The molecule has 0 aliphatic carbocycles. The molecule has 5 heterocycles. The lowest BCUT2D eigenvalue weighted by atomic mass is 10.0. The summed E-state index contributed by atoms with van der Waals surface area (Å²) in [6.07, 6.45) is 3.40. The maximum absolute atomic E-state index is 14.5. The number of pyridine rings is 2. The summed E-state index contributed by atoms with van der Waals surface area (Å²) in [4.78, 5) is 9.27. The molecule has 164 valence electrons. The Morgan fingerprint density at radius 3 is 2.76 bits per heavy atom. The molecule has 1 aromatic carbocycles. The summed E-state index contributed by atoms with van der Waals surface area (Å²) in [5.41, 5.74) is 5.71. The fourth-order valence-corrected chi connectivity index (χ4v) is 4.19. The van der Waals surface area contributed by atoms with Crippen LogP contribution < -0.4 is 5.32 Å². The monoisotopic (exact) mass is 463 g/mol. The molecule has 0 saturated carbocycles. The zero-order valence-electron chi connectivity index (χ0n) is 17.1. The Bertz CT molecular complexity index is 1500. The first-order valence-corrected chi connectivity index (χ1v) is 10.7. The molecular weight excluding hydrogens is 448 g/mol. The highest BCUT2D eigenvalue weighted by atomic mass is 35.5. The predicted octanol–water partition coefficient (Wildman–Crippen LogP) is 4.59. The summed E-state index contributed by atoms with van der Waals surface area (Å²) in [6, 6.07) is 9.58. The van der Waals surface area contributed by atoms with Crippen LogP contribution >= 0.6 is 11.6 Å². The number of aromatic nitrogens is 6. The number of rotatable bonds is 3. The summed E-state index contributed by atoms with van der Waals surface area (Å²) in [5, 5.41) is 14.7. The summed E-state index contributed by atoms with van der Waals surface area (Å²) >= 11 is 5.88. The lowest BCUT2D eigenvalue weighted by molar-refractivity contribution is 0.476. The summed E-state index contributed by atoms with van der Waals surface area (Å²) in [6.45, 7) is 2.50. The van der Waals surface area contributed by atoms with Gasteiger partial charge in [0.05, 0.1) is 39.7 Å². The van der Waals surface area contributed by atoms with Crippen molar-refractivity contribution in [2.45, 2.75) is 13.1 Å². The van der Waals surface area contributed by atoms with Crippen LogP contribution in [-0.4, -0.2) is 36.5 Å². The number of H-pyrrole nitrogens is 1. The molecular formula is C23H16ClF2N7. The summed E-state index contributed by atoms with van der Waals surface area (Å²) in [5.74, 6) is -1.58. The third-order valence-electron chi connectivity index (χ3n) is 5.68. The van der Waals surface area contributed by atoms with Gasteiger partial charge in [0.2, 0.25) is 0 Å². The van der Waals surface area contributed by atoms with Gasteiger partial charge in [0.25, 0.3) is 0 Å². The Labute approximate surface area is 191 Å². The highest BCUT2D eigenvalue weighted by Gasteiger charge is 2.19. The molecule has 0 bridgehead atoms. The van der Waals surface area contributed by atoms with E-state index in [9.17, 15) is 8.78 Å². The molecule has 7 nitrogen and oxygen atoms in total. The van der Waals surface area contributed by atoms with Crippen LogP contribution in [0.4, 0.5) is 8.78 Å². The molecule has 0 saturated heterocycles. The topological polar surface area (TPSA) is 84.3 Å². The van der Waals surface area contributed by atoms with E-state index < -0.39 is 11.6 Å². The van der Waals surface area contributed by atoms with Crippen LogP contribution in [-0.2, 0) is 13.1 Å². The molecule has 0 unspecified atom stereocenters. The van der Waals surface area contributed by atoms with Crippen LogP contribution in [0.1, 0.15) is 5.69 Å². The van der Waals surface area contributed by atoms with E-state index in [1.165, 1.54) is 6.07 Å². The molecule has 0 atom stereocenters. The maximum Gasteiger partial charge on any atom is 0.144 e.